The first-order valence-electron chi connectivity index (χ1n) is 7.76. The van der Waals surface area contributed by atoms with Gasteiger partial charge in [0.1, 0.15) is 5.75 Å². The third-order valence-corrected chi connectivity index (χ3v) is 6.02. The van der Waals surface area contributed by atoms with Gasteiger partial charge in [0.15, 0.2) is 0 Å². The van der Waals surface area contributed by atoms with E-state index < -0.39 is 10.0 Å². The summed E-state index contributed by atoms with van der Waals surface area (Å²) in [6, 6.07) is 8.95. The van der Waals surface area contributed by atoms with Gasteiger partial charge in [-0.3, -0.25) is 4.98 Å². The fourth-order valence-corrected chi connectivity index (χ4v) is 4.22. The summed E-state index contributed by atoms with van der Waals surface area (Å²) < 4.78 is 32.7. The normalized spacial score (nSPS) is 13.8. The van der Waals surface area contributed by atoms with Crippen LogP contribution in [0.1, 0.15) is 18.1 Å². The molecule has 3 rings (SSSR count). The van der Waals surface area contributed by atoms with Gasteiger partial charge in [0.2, 0.25) is 10.0 Å². The number of likely N-dealkylation sites (N-methyl/N-ethyl adjacent to an activating group) is 1. The van der Waals surface area contributed by atoms with Crippen LogP contribution in [-0.2, 0) is 22.9 Å². The van der Waals surface area contributed by atoms with Crippen LogP contribution in [0.5, 0.6) is 5.75 Å². The van der Waals surface area contributed by atoms with Crippen molar-refractivity contribution in [3.05, 3.63) is 53.9 Å². The Balaban J connectivity index is 1.79. The van der Waals surface area contributed by atoms with Crippen molar-refractivity contribution in [3.63, 3.8) is 0 Å². The quantitative estimate of drug-likeness (QED) is 0.814. The zero-order valence-electron chi connectivity index (χ0n) is 13.1. The standard InChI is InChI=1S/C17H20N2O3S/c1-2-19(11-7-14-5-9-18-10-6-14)23(20,21)16-3-4-17-15(13-16)8-12-22-17/h3-6,9-10,13H,2,7-8,11-12H2,1H3. The molecule has 0 saturated carbocycles. The van der Waals surface area contributed by atoms with Gasteiger partial charge in [-0.25, -0.2) is 8.42 Å². The molecule has 0 bridgehead atoms. The number of pyridine rings is 1. The lowest BCUT2D eigenvalue weighted by molar-refractivity contribution is 0.356. The lowest BCUT2D eigenvalue weighted by atomic mass is 10.2. The van der Waals surface area contributed by atoms with E-state index in [9.17, 15) is 8.42 Å². The maximum atomic E-state index is 12.9. The molecule has 0 spiro atoms. The number of ether oxygens (including phenoxy) is 1. The second-order valence-electron chi connectivity index (χ2n) is 5.47. The molecule has 1 aliphatic heterocycles. The summed E-state index contributed by atoms with van der Waals surface area (Å²) in [4.78, 5) is 4.32. The maximum Gasteiger partial charge on any atom is 0.243 e. The van der Waals surface area contributed by atoms with Gasteiger partial charge >= 0.3 is 0 Å². The fourth-order valence-electron chi connectivity index (χ4n) is 2.72. The van der Waals surface area contributed by atoms with Crippen LogP contribution in [0.2, 0.25) is 0 Å². The molecule has 122 valence electrons. The summed E-state index contributed by atoms with van der Waals surface area (Å²) in [5, 5.41) is 0. The van der Waals surface area contributed by atoms with E-state index in [0.29, 0.717) is 31.0 Å². The predicted octanol–water partition coefficient (Wildman–Crippen LogP) is 2.27. The summed E-state index contributed by atoms with van der Waals surface area (Å²) in [5.74, 6) is 0.795. The van der Waals surface area contributed by atoms with E-state index in [4.69, 9.17) is 4.74 Å². The molecule has 0 radical (unpaired) electrons. The van der Waals surface area contributed by atoms with Crippen molar-refractivity contribution in [3.8, 4) is 5.75 Å². The van der Waals surface area contributed by atoms with E-state index in [1.165, 1.54) is 4.31 Å². The van der Waals surface area contributed by atoms with Gasteiger partial charge in [0.05, 0.1) is 11.5 Å². The van der Waals surface area contributed by atoms with E-state index >= 15 is 0 Å². The average Bonchev–Trinajstić information content (AvgIpc) is 3.04. The highest BCUT2D eigenvalue weighted by atomic mass is 32.2. The van der Waals surface area contributed by atoms with Crippen molar-refractivity contribution in [1.29, 1.82) is 0 Å². The van der Waals surface area contributed by atoms with Crippen LogP contribution in [0.25, 0.3) is 0 Å². The zero-order chi connectivity index (χ0) is 16.3. The minimum atomic E-state index is -3.48. The number of nitrogens with zero attached hydrogens (tertiary/aromatic N) is 2. The molecule has 1 aromatic carbocycles. The third kappa shape index (κ3) is 3.38. The molecular weight excluding hydrogens is 312 g/mol. The smallest absolute Gasteiger partial charge is 0.243 e. The highest BCUT2D eigenvalue weighted by Crippen LogP contribution is 2.28. The summed E-state index contributed by atoms with van der Waals surface area (Å²) in [6.07, 6.45) is 4.88. The first kappa shape index (κ1) is 16.0. The first-order valence-corrected chi connectivity index (χ1v) is 9.20. The second kappa shape index (κ2) is 6.68. The Bertz CT molecular complexity index is 776. The molecule has 0 atom stereocenters. The highest BCUT2D eigenvalue weighted by Gasteiger charge is 2.25. The van der Waals surface area contributed by atoms with Gasteiger partial charge in [-0.1, -0.05) is 6.92 Å². The van der Waals surface area contributed by atoms with Crippen LogP contribution >= 0.6 is 0 Å². The molecular formula is C17H20N2O3S. The molecule has 23 heavy (non-hydrogen) atoms. The summed E-state index contributed by atoms with van der Waals surface area (Å²) in [6.45, 7) is 3.39. The summed E-state index contributed by atoms with van der Waals surface area (Å²) in [5.41, 5.74) is 2.05. The van der Waals surface area contributed by atoms with Crippen LogP contribution in [0, 0.1) is 0 Å². The van der Waals surface area contributed by atoms with Gasteiger partial charge < -0.3 is 4.74 Å². The Hall–Kier alpha value is -1.92. The molecule has 0 aliphatic carbocycles. The zero-order valence-corrected chi connectivity index (χ0v) is 13.9. The molecule has 5 nitrogen and oxygen atoms in total. The van der Waals surface area contributed by atoms with E-state index in [1.807, 2.05) is 19.1 Å². The van der Waals surface area contributed by atoms with Crippen molar-refractivity contribution in [2.24, 2.45) is 0 Å². The third-order valence-electron chi connectivity index (χ3n) is 4.05. The van der Waals surface area contributed by atoms with Gasteiger partial charge in [0, 0.05) is 31.9 Å². The van der Waals surface area contributed by atoms with Crippen LogP contribution in [0.3, 0.4) is 0 Å². The van der Waals surface area contributed by atoms with Gasteiger partial charge in [0.25, 0.3) is 0 Å². The number of rotatable bonds is 6. The van der Waals surface area contributed by atoms with Crippen LogP contribution in [0.15, 0.2) is 47.6 Å². The number of aromatic nitrogens is 1. The largest absolute Gasteiger partial charge is 0.493 e. The van der Waals surface area contributed by atoms with Crippen molar-refractivity contribution in [1.82, 2.24) is 9.29 Å². The molecule has 0 amide bonds. The fraction of sp³-hybridized carbons (Fsp3) is 0.353. The van der Waals surface area contributed by atoms with E-state index in [0.717, 1.165) is 23.3 Å². The SMILES string of the molecule is CCN(CCc1ccncc1)S(=O)(=O)c1ccc2c(c1)CCO2. The summed E-state index contributed by atoms with van der Waals surface area (Å²) >= 11 is 0. The summed E-state index contributed by atoms with van der Waals surface area (Å²) in [7, 11) is -3.48. The van der Waals surface area contributed by atoms with Crippen LogP contribution < -0.4 is 4.74 Å². The van der Waals surface area contributed by atoms with Gasteiger partial charge in [-0.05, 0) is 47.9 Å². The van der Waals surface area contributed by atoms with Gasteiger partial charge in [-0.15, -0.1) is 0 Å². The molecule has 0 N–H and O–H groups in total. The molecule has 2 aromatic rings. The number of hydrogen-bond acceptors (Lipinski definition) is 4. The molecule has 2 heterocycles. The molecule has 0 fully saturated rings. The van der Waals surface area contributed by atoms with E-state index in [-0.39, 0.29) is 0 Å². The highest BCUT2D eigenvalue weighted by molar-refractivity contribution is 7.89. The molecule has 1 aromatic heterocycles. The Morgan fingerprint density at radius 3 is 2.74 bits per heavy atom. The number of benzene rings is 1. The lowest BCUT2D eigenvalue weighted by Gasteiger charge is -2.21. The number of hydrogen-bond donors (Lipinski definition) is 0. The number of fused-ring (bicyclic) bond motifs is 1. The Morgan fingerprint density at radius 1 is 1.22 bits per heavy atom. The van der Waals surface area contributed by atoms with Crippen LogP contribution in [0.4, 0.5) is 0 Å². The monoisotopic (exact) mass is 332 g/mol. The topological polar surface area (TPSA) is 59.5 Å². The second-order valence-corrected chi connectivity index (χ2v) is 7.41. The molecule has 6 heteroatoms. The Labute approximate surface area is 137 Å². The van der Waals surface area contributed by atoms with E-state index in [2.05, 4.69) is 4.98 Å². The Morgan fingerprint density at radius 2 is 2.00 bits per heavy atom. The average molecular weight is 332 g/mol. The Kier molecular flexibility index (Phi) is 4.63. The minimum absolute atomic E-state index is 0.346. The first-order chi connectivity index (χ1) is 11.1. The van der Waals surface area contributed by atoms with Crippen molar-refractivity contribution in [2.45, 2.75) is 24.7 Å². The van der Waals surface area contributed by atoms with Crippen molar-refractivity contribution >= 4 is 10.0 Å². The minimum Gasteiger partial charge on any atom is -0.493 e. The molecule has 0 saturated heterocycles. The lowest BCUT2D eigenvalue weighted by Crippen LogP contribution is -2.32. The van der Waals surface area contributed by atoms with Gasteiger partial charge in [-0.2, -0.15) is 4.31 Å². The molecule has 0 unspecified atom stereocenters. The van der Waals surface area contributed by atoms with Crippen LogP contribution in [-0.4, -0.2) is 37.4 Å². The van der Waals surface area contributed by atoms with Crippen molar-refractivity contribution < 1.29 is 13.2 Å². The van der Waals surface area contributed by atoms with E-state index in [1.54, 1.807) is 30.6 Å². The maximum absolute atomic E-state index is 12.9. The molecule has 1 aliphatic rings. The van der Waals surface area contributed by atoms with Crippen molar-refractivity contribution in [2.75, 3.05) is 19.7 Å². The predicted molar refractivity (Wildman–Crippen MR) is 88.0 cm³/mol. The number of sulfonamides is 1.